The standard InChI is InChI=1S/C19H12BrF3N4OS/c20-15-16(18(28)24-10-11-5-2-1-3-6-11)26-27-14(19(21,22)23)9-12(25-17(15)27)13-7-4-8-29-13/h1-9H,10H2,(H,24,28). The summed E-state index contributed by atoms with van der Waals surface area (Å²) in [5.74, 6) is -0.600. The van der Waals surface area contributed by atoms with E-state index in [2.05, 4.69) is 31.3 Å². The molecule has 10 heteroatoms. The van der Waals surface area contributed by atoms with Crippen LogP contribution in [0.1, 0.15) is 21.7 Å². The van der Waals surface area contributed by atoms with Crippen LogP contribution in [-0.4, -0.2) is 20.5 Å². The average molecular weight is 481 g/mol. The molecule has 0 radical (unpaired) electrons. The number of rotatable bonds is 4. The van der Waals surface area contributed by atoms with Gasteiger partial charge in [0, 0.05) is 6.54 Å². The molecule has 29 heavy (non-hydrogen) atoms. The van der Waals surface area contributed by atoms with Crippen molar-refractivity contribution in [2.45, 2.75) is 12.7 Å². The third-order valence-electron chi connectivity index (χ3n) is 4.11. The molecule has 148 valence electrons. The Labute approximate surface area is 175 Å². The molecule has 4 aromatic rings. The molecule has 0 spiro atoms. The minimum absolute atomic E-state index is 0.0758. The van der Waals surface area contributed by atoms with Crippen LogP contribution in [0.4, 0.5) is 13.2 Å². The number of nitrogens with one attached hydrogen (secondary N) is 1. The van der Waals surface area contributed by atoms with Crippen LogP contribution >= 0.6 is 27.3 Å². The number of nitrogens with zero attached hydrogens (tertiary/aromatic N) is 3. The van der Waals surface area contributed by atoms with Crippen LogP contribution < -0.4 is 5.32 Å². The quantitative estimate of drug-likeness (QED) is 0.438. The van der Waals surface area contributed by atoms with E-state index in [1.54, 1.807) is 17.5 Å². The fraction of sp³-hybridized carbons (Fsp3) is 0.105. The van der Waals surface area contributed by atoms with Gasteiger partial charge in [-0.15, -0.1) is 11.3 Å². The molecule has 3 heterocycles. The Morgan fingerprint density at radius 1 is 1.17 bits per heavy atom. The molecule has 1 amide bonds. The van der Waals surface area contributed by atoms with Gasteiger partial charge in [0.2, 0.25) is 0 Å². The monoisotopic (exact) mass is 480 g/mol. The van der Waals surface area contributed by atoms with Gasteiger partial charge in [-0.05, 0) is 39.0 Å². The Hall–Kier alpha value is -2.72. The second-order valence-electron chi connectivity index (χ2n) is 6.07. The molecule has 0 saturated heterocycles. The fourth-order valence-electron chi connectivity index (χ4n) is 2.75. The maximum Gasteiger partial charge on any atom is 0.433 e. The fourth-order valence-corrected chi connectivity index (χ4v) is 3.95. The maximum atomic E-state index is 13.6. The predicted molar refractivity (Wildman–Crippen MR) is 107 cm³/mol. The van der Waals surface area contributed by atoms with Gasteiger partial charge >= 0.3 is 6.18 Å². The third-order valence-corrected chi connectivity index (χ3v) is 5.73. The number of alkyl halides is 3. The predicted octanol–water partition coefficient (Wildman–Crippen LogP) is 5.17. The molecule has 1 N–H and O–H groups in total. The molecule has 3 aromatic heterocycles. The van der Waals surface area contributed by atoms with Crippen LogP contribution in [-0.2, 0) is 12.7 Å². The van der Waals surface area contributed by atoms with E-state index >= 15 is 0 Å². The molecule has 0 atom stereocenters. The van der Waals surface area contributed by atoms with Gasteiger partial charge in [-0.25, -0.2) is 9.50 Å². The Balaban J connectivity index is 1.76. The van der Waals surface area contributed by atoms with E-state index < -0.39 is 17.8 Å². The van der Waals surface area contributed by atoms with Crippen molar-refractivity contribution in [2.24, 2.45) is 0 Å². The molecular formula is C19H12BrF3N4OS. The number of hydrogen-bond donors (Lipinski definition) is 1. The molecule has 0 saturated carbocycles. The SMILES string of the molecule is O=C(NCc1ccccc1)c1nn2c(C(F)(F)F)cc(-c3cccs3)nc2c1Br. The summed E-state index contributed by atoms with van der Waals surface area (Å²) in [6.45, 7) is 0.222. The van der Waals surface area contributed by atoms with E-state index in [-0.39, 0.29) is 28.1 Å². The molecule has 0 aliphatic carbocycles. The molecule has 0 fully saturated rings. The van der Waals surface area contributed by atoms with Gasteiger partial charge in [0.15, 0.2) is 17.0 Å². The number of fused-ring (bicyclic) bond motifs is 1. The van der Waals surface area contributed by atoms with Gasteiger partial charge in [0.1, 0.15) is 0 Å². The lowest BCUT2D eigenvalue weighted by molar-refractivity contribution is -0.142. The van der Waals surface area contributed by atoms with E-state index in [1.165, 1.54) is 11.3 Å². The van der Waals surface area contributed by atoms with Crippen molar-refractivity contribution in [1.82, 2.24) is 19.9 Å². The molecule has 0 bridgehead atoms. The lowest BCUT2D eigenvalue weighted by atomic mass is 10.2. The molecule has 0 unspecified atom stereocenters. The largest absolute Gasteiger partial charge is 0.433 e. The average Bonchev–Trinajstić information content (AvgIpc) is 3.34. The lowest BCUT2D eigenvalue weighted by Gasteiger charge is -2.10. The van der Waals surface area contributed by atoms with E-state index in [1.807, 2.05) is 30.3 Å². The lowest BCUT2D eigenvalue weighted by Crippen LogP contribution is -2.23. The molecule has 1 aromatic carbocycles. The van der Waals surface area contributed by atoms with Crippen molar-refractivity contribution < 1.29 is 18.0 Å². The zero-order valence-electron chi connectivity index (χ0n) is 14.6. The third kappa shape index (κ3) is 3.90. The minimum atomic E-state index is -4.67. The Bertz CT molecular complexity index is 1170. The summed E-state index contributed by atoms with van der Waals surface area (Å²) in [6, 6.07) is 13.5. The normalized spacial score (nSPS) is 11.7. The number of carbonyl (C=O) groups excluding carboxylic acids is 1. The number of aromatic nitrogens is 3. The van der Waals surface area contributed by atoms with Crippen LogP contribution in [0.15, 0.2) is 58.4 Å². The second kappa shape index (κ2) is 7.60. The summed E-state index contributed by atoms with van der Waals surface area (Å²) in [5.41, 5.74) is -0.226. The summed E-state index contributed by atoms with van der Waals surface area (Å²) >= 11 is 4.48. The summed E-state index contributed by atoms with van der Waals surface area (Å²) in [7, 11) is 0. The highest BCUT2D eigenvalue weighted by atomic mass is 79.9. The number of carbonyl (C=O) groups is 1. The van der Waals surface area contributed by atoms with E-state index in [4.69, 9.17) is 0 Å². The van der Waals surface area contributed by atoms with Crippen LogP contribution in [0.2, 0.25) is 0 Å². The first-order valence-corrected chi connectivity index (χ1v) is 10.0. The molecule has 0 aliphatic rings. The van der Waals surface area contributed by atoms with Gasteiger partial charge in [-0.1, -0.05) is 36.4 Å². The Morgan fingerprint density at radius 2 is 1.93 bits per heavy atom. The van der Waals surface area contributed by atoms with Crippen LogP contribution in [0.5, 0.6) is 0 Å². The van der Waals surface area contributed by atoms with Crippen molar-refractivity contribution >= 4 is 38.8 Å². The topological polar surface area (TPSA) is 59.3 Å². The first-order valence-electron chi connectivity index (χ1n) is 8.37. The summed E-state index contributed by atoms with van der Waals surface area (Å²) in [4.78, 5) is 17.4. The number of halogens is 4. The zero-order valence-corrected chi connectivity index (χ0v) is 17.0. The second-order valence-corrected chi connectivity index (χ2v) is 7.81. The number of thiophene rings is 1. The number of amides is 1. The van der Waals surface area contributed by atoms with Gasteiger partial charge in [-0.2, -0.15) is 18.3 Å². The minimum Gasteiger partial charge on any atom is -0.347 e. The van der Waals surface area contributed by atoms with Gasteiger partial charge in [0.25, 0.3) is 5.91 Å². The number of hydrogen-bond acceptors (Lipinski definition) is 4. The smallest absolute Gasteiger partial charge is 0.347 e. The summed E-state index contributed by atoms with van der Waals surface area (Å²) < 4.78 is 41.7. The van der Waals surface area contributed by atoms with Crippen molar-refractivity contribution in [3.63, 3.8) is 0 Å². The van der Waals surface area contributed by atoms with E-state index in [9.17, 15) is 18.0 Å². The number of benzene rings is 1. The molecule has 0 aliphatic heterocycles. The maximum absolute atomic E-state index is 13.6. The highest BCUT2D eigenvalue weighted by molar-refractivity contribution is 9.10. The van der Waals surface area contributed by atoms with Crippen molar-refractivity contribution in [3.8, 4) is 10.6 Å². The zero-order chi connectivity index (χ0) is 20.6. The Kier molecular flexibility index (Phi) is 5.13. The first-order chi connectivity index (χ1) is 13.8. The van der Waals surface area contributed by atoms with Crippen molar-refractivity contribution in [1.29, 1.82) is 0 Å². The highest BCUT2D eigenvalue weighted by Crippen LogP contribution is 2.35. The molecule has 4 rings (SSSR count). The first kappa shape index (κ1) is 19.6. The van der Waals surface area contributed by atoms with E-state index in [0.29, 0.717) is 9.39 Å². The van der Waals surface area contributed by atoms with Gasteiger partial charge in [-0.3, -0.25) is 4.79 Å². The summed E-state index contributed by atoms with van der Waals surface area (Å²) in [5, 5.41) is 8.31. The van der Waals surface area contributed by atoms with Crippen LogP contribution in [0.25, 0.3) is 16.2 Å². The van der Waals surface area contributed by atoms with Gasteiger partial charge in [0.05, 0.1) is 15.0 Å². The Morgan fingerprint density at radius 3 is 2.59 bits per heavy atom. The van der Waals surface area contributed by atoms with Crippen molar-refractivity contribution in [3.05, 3.63) is 75.3 Å². The van der Waals surface area contributed by atoms with E-state index in [0.717, 1.165) is 11.6 Å². The molecule has 5 nitrogen and oxygen atoms in total. The van der Waals surface area contributed by atoms with Crippen molar-refractivity contribution in [2.75, 3.05) is 0 Å². The highest BCUT2D eigenvalue weighted by Gasteiger charge is 2.36. The van der Waals surface area contributed by atoms with Crippen LogP contribution in [0.3, 0.4) is 0 Å². The molecular weight excluding hydrogens is 469 g/mol. The van der Waals surface area contributed by atoms with Crippen LogP contribution in [0, 0.1) is 0 Å². The van der Waals surface area contributed by atoms with Gasteiger partial charge < -0.3 is 5.32 Å². The summed E-state index contributed by atoms with van der Waals surface area (Å²) in [6.07, 6.45) is -4.67.